The molecule has 0 atom stereocenters. The first-order chi connectivity index (χ1) is 17.0. The number of hydrogen-bond donors (Lipinski definition) is 4. The van der Waals surface area contributed by atoms with E-state index in [2.05, 4.69) is 48.8 Å². The van der Waals surface area contributed by atoms with Crippen molar-refractivity contribution >= 4 is 40.5 Å². The second kappa shape index (κ2) is 12.4. The van der Waals surface area contributed by atoms with E-state index >= 15 is 0 Å². The minimum Gasteiger partial charge on any atom is -0.494 e. The predicted octanol–water partition coefficient (Wildman–Crippen LogP) is 4.23. The summed E-state index contributed by atoms with van der Waals surface area (Å²) in [6.07, 6.45) is 1.57. The van der Waals surface area contributed by atoms with Gasteiger partial charge in [0.05, 0.1) is 12.8 Å². The molecule has 0 bridgehead atoms. The summed E-state index contributed by atoms with van der Waals surface area (Å²) in [5.41, 5.74) is 8.74. The predicted molar refractivity (Wildman–Crippen MR) is 143 cm³/mol. The number of anilines is 6. The lowest BCUT2D eigenvalue weighted by Gasteiger charge is -2.34. The Labute approximate surface area is 206 Å². The number of rotatable bonds is 6. The monoisotopic (exact) mass is 478 g/mol. The number of carbonyl (C=O) groups excluding carboxylic acids is 1. The highest BCUT2D eigenvalue weighted by atomic mass is 16.5. The van der Waals surface area contributed by atoms with E-state index < -0.39 is 6.03 Å². The largest absolute Gasteiger partial charge is 0.494 e. The van der Waals surface area contributed by atoms with Gasteiger partial charge in [-0.05, 0) is 43.4 Å². The van der Waals surface area contributed by atoms with Crippen LogP contribution in [0.1, 0.15) is 13.8 Å². The number of hydrogen-bond acceptors (Lipinski definition) is 8. The maximum Gasteiger partial charge on any atom is 0.324 e. The Bertz CT molecular complexity index is 1120. The number of ether oxygens (including phenoxy) is 1. The van der Waals surface area contributed by atoms with Gasteiger partial charge in [0.2, 0.25) is 5.95 Å². The summed E-state index contributed by atoms with van der Waals surface area (Å²) in [7, 11) is 3.77. The summed E-state index contributed by atoms with van der Waals surface area (Å²) in [5, 5.41) is 8.59. The summed E-state index contributed by atoms with van der Waals surface area (Å²) in [6, 6.07) is 14.1. The second-order valence-corrected chi connectivity index (χ2v) is 7.77. The molecule has 1 saturated heterocycles. The van der Waals surface area contributed by atoms with E-state index in [0.717, 1.165) is 37.6 Å². The van der Waals surface area contributed by atoms with Crippen LogP contribution in [-0.2, 0) is 0 Å². The minimum atomic E-state index is -0.431. The fourth-order valence-electron chi connectivity index (χ4n) is 3.55. The average molecular weight is 479 g/mol. The summed E-state index contributed by atoms with van der Waals surface area (Å²) >= 11 is 0. The number of piperazine rings is 1. The molecular formula is C25H34N8O2. The Hall–Kier alpha value is -4.05. The van der Waals surface area contributed by atoms with E-state index in [4.69, 9.17) is 10.5 Å². The molecule has 0 saturated carbocycles. The Morgan fingerprint density at radius 1 is 1.03 bits per heavy atom. The third-order valence-corrected chi connectivity index (χ3v) is 5.34. The van der Waals surface area contributed by atoms with Crippen LogP contribution in [0.4, 0.5) is 39.3 Å². The van der Waals surface area contributed by atoms with Gasteiger partial charge < -0.3 is 30.9 Å². The fraction of sp³-hybridized carbons (Fsp3) is 0.320. The number of nitrogens with one attached hydrogen (secondary N) is 3. The Kier molecular flexibility index (Phi) is 9.08. The normalized spacial score (nSPS) is 13.3. The van der Waals surface area contributed by atoms with Crippen LogP contribution in [0.25, 0.3) is 0 Å². The molecular weight excluding hydrogens is 444 g/mol. The van der Waals surface area contributed by atoms with Gasteiger partial charge in [-0.2, -0.15) is 4.98 Å². The molecule has 0 spiro atoms. The van der Waals surface area contributed by atoms with Gasteiger partial charge in [-0.3, -0.25) is 5.32 Å². The molecule has 4 rings (SSSR count). The Balaban J connectivity index is 0.00000167. The van der Waals surface area contributed by atoms with Crippen molar-refractivity contribution in [3.63, 3.8) is 0 Å². The fourth-order valence-corrected chi connectivity index (χ4v) is 3.55. The molecule has 1 fully saturated rings. The van der Waals surface area contributed by atoms with Crippen molar-refractivity contribution in [3.05, 3.63) is 54.7 Å². The van der Waals surface area contributed by atoms with Crippen molar-refractivity contribution in [2.45, 2.75) is 13.8 Å². The van der Waals surface area contributed by atoms with E-state index in [0.29, 0.717) is 28.9 Å². The number of nitrogens with two attached hydrogens (primary N) is 1. The van der Waals surface area contributed by atoms with Gasteiger partial charge >= 0.3 is 6.03 Å². The van der Waals surface area contributed by atoms with Crippen molar-refractivity contribution in [2.24, 2.45) is 0 Å². The molecule has 0 aliphatic carbocycles. The smallest absolute Gasteiger partial charge is 0.324 e. The lowest BCUT2D eigenvalue weighted by atomic mass is 10.2. The minimum absolute atomic E-state index is 0.336. The Morgan fingerprint density at radius 2 is 1.80 bits per heavy atom. The number of nitrogens with zero attached hydrogens (tertiary/aromatic N) is 4. The number of likely N-dealkylation sites (N-methyl/N-ethyl adjacent to an activating group) is 1. The molecule has 1 aliphatic heterocycles. The lowest BCUT2D eigenvalue weighted by Crippen LogP contribution is -2.44. The van der Waals surface area contributed by atoms with E-state index in [9.17, 15) is 4.79 Å². The molecule has 1 aliphatic rings. The molecule has 10 heteroatoms. The van der Waals surface area contributed by atoms with Crippen molar-refractivity contribution in [2.75, 3.05) is 66.9 Å². The molecule has 186 valence electrons. The quantitative estimate of drug-likeness (QED) is 0.389. The van der Waals surface area contributed by atoms with Gasteiger partial charge in [0.25, 0.3) is 0 Å². The number of urea groups is 1. The molecule has 2 heterocycles. The molecule has 5 N–H and O–H groups in total. The first-order valence-electron chi connectivity index (χ1n) is 11.7. The molecule has 2 amide bonds. The van der Waals surface area contributed by atoms with Crippen LogP contribution in [0.3, 0.4) is 0 Å². The lowest BCUT2D eigenvalue weighted by molar-refractivity contribution is 0.262. The van der Waals surface area contributed by atoms with E-state index in [1.54, 1.807) is 43.6 Å². The van der Waals surface area contributed by atoms with Gasteiger partial charge in [-0.1, -0.05) is 19.9 Å². The van der Waals surface area contributed by atoms with Crippen LogP contribution < -0.4 is 31.3 Å². The van der Waals surface area contributed by atoms with Gasteiger partial charge in [0.1, 0.15) is 11.6 Å². The summed E-state index contributed by atoms with van der Waals surface area (Å²) in [5.74, 6) is 1.37. The van der Waals surface area contributed by atoms with Crippen molar-refractivity contribution in [3.8, 4) is 5.75 Å². The number of nitrogen functional groups attached to an aromatic ring is 1. The van der Waals surface area contributed by atoms with E-state index in [1.807, 2.05) is 26.0 Å². The number of aromatic nitrogens is 2. The van der Waals surface area contributed by atoms with E-state index in [1.165, 1.54) is 0 Å². The topological polar surface area (TPSA) is 121 Å². The third kappa shape index (κ3) is 7.21. The van der Waals surface area contributed by atoms with Crippen LogP contribution in [0.2, 0.25) is 0 Å². The zero-order valence-corrected chi connectivity index (χ0v) is 20.7. The zero-order chi connectivity index (χ0) is 25.2. The van der Waals surface area contributed by atoms with Gasteiger partial charge in [0, 0.05) is 55.5 Å². The maximum atomic E-state index is 12.3. The number of carbonyl (C=O) groups is 1. The van der Waals surface area contributed by atoms with Crippen LogP contribution in [0.5, 0.6) is 5.75 Å². The maximum absolute atomic E-state index is 12.3. The molecule has 1 aromatic heterocycles. The summed E-state index contributed by atoms with van der Waals surface area (Å²) < 4.78 is 5.60. The zero-order valence-electron chi connectivity index (χ0n) is 20.7. The van der Waals surface area contributed by atoms with E-state index in [-0.39, 0.29) is 0 Å². The molecule has 35 heavy (non-hydrogen) atoms. The van der Waals surface area contributed by atoms with Gasteiger partial charge in [-0.15, -0.1) is 0 Å². The second-order valence-electron chi connectivity index (χ2n) is 7.77. The van der Waals surface area contributed by atoms with Gasteiger partial charge in [0.15, 0.2) is 0 Å². The summed E-state index contributed by atoms with van der Waals surface area (Å²) in [6.45, 7) is 8.00. The highest BCUT2D eigenvalue weighted by molar-refractivity contribution is 5.99. The molecule has 2 aromatic carbocycles. The van der Waals surface area contributed by atoms with Crippen LogP contribution in [0.15, 0.2) is 54.7 Å². The van der Waals surface area contributed by atoms with Crippen LogP contribution in [0, 0.1) is 0 Å². The first-order valence-corrected chi connectivity index (χ1v) is 11.7. The van der Waals surface area contributed by atoms with Crippen molar-refractivity contribution in [1.29, 1.82) is 0 Å². The third-order valence-electron chi connectivity index (χ3n) is 5.34. The molecule has 0 radical (unpaired) electrons. The van der Waals surface area contributed by atoms with Crippen LogP contribution in [-0.4, -0.2) is 61.2 Å². The van der Waals surface area contributed by atoms with Crippen molar-refractivity contribution < 1.29 is 9.53 Å². The highest BCUT2D eigenvalue weighted by Gasteiger charge is 2.16. The van der Waals surface area contributed by atoms with Crippen LogP contribution >= 0.6 is 0 Å². The Morgan fingerprint density at radius 3 is 2.51 bits per heavy atom. The molecule has 3 aromatic rings. The number of methoxy groups -OCH3 is 1. The SMILES string of the molecule is CC.COc1cc(N2CCN(C)CC2)ccc1Nc1nccc(NC(=O)Nc2cccc(N)c2)n1. The highest BCUT2D eigenvalue weighted by Crippen LogP contribution is 2.32. The standard InChI is InChI=1S/C23H28N8O2.C2H6/c1-30-10-12-31(13-11-30)18-6-7-19(20(15-18)33-2)27-22-25-9-8-21(28-22)29-23(32)26-17-5-3-4-16(24)14-17;1-2/h3-9,14-15H,10-13,24H2,1-2H3,(H3,25,26,27,28,29,32);1-2H3. The number of amides is 2. The molecule has 10 nitrogen and oxygen atoms in total. The van der Waals surface area contributed by atoms with Gasteiger partial charge in [-0.25, -0.2) is 9.78 Å². The van der Waals surface area contributed by atoms with Crippen molar-refractivity contribution in [1.82, 2.24) is 14.9 Å². The number of benzene rings is 2. The molecule has 0 unspecified atom stereocenters. The average Bonchev–Trinajstić information content (AvgIpc) is 2.86. The summed E-state index contributed by atoms with van der Waals surface area (Å²) in [4.78, 5) is 25.6. The first kappa shape index (κ1) is 25.6.